The number of fused-ring (bicyclic) bond motifs is 4. The second-order valence-electron chi connectivity index (χ2n) is 16.3. The average Bonchev–Trinajstić information content (AvgIpc) is 3.56. The molecule has 0 saturated carbocycles. The first-order valence-electron chi connectivity index (χ1n) is 18.2. The molecule has 4 aromatic rings. The molecule has 288 valence electrons. The Balaban J connectivity index is 1.44. The van der Waals surface area contributed by atoms with Gasteiger partial charge in [0.2, 0.25) is 5.78 Å². The minimum Gasteiger partial charge on any atom is -0.508 e. The van der Waals surface area contributed by atoms with E-state index in [1.54, 1.807) is 44.4 Å². The number of rotatable bonds is 10. The number of aliphatic hydroxyl groups excluding tert-OH is 1. The van der Waals surface area contributed by atoms with E-state index in [0.717, 1.165) is 5.56 Å². The lowest BCUT2D eigenvalue weighted by Gasteiger charge is -2.55. The van der Waals surface area contributed by atoms with Crippen LogP contribution in [0, 0.1) is 23.5 Å². The molecule has 0 aliphatic heterocycles. The zero-order valence-electron chi connectivity index (χ0n) is 31.9. The van der Waals surface area contributed by atoms with Gasteiger partial charge in [-0.2, -0.15) is 0 Å². The molecule has 1 unspecified atom stereocenters. The summed E-state index contributed by atoms with van der Waals surface area (Å²) in [6, 6.07) is 17.4. The van der Waals surface area contributed by atoms with Crippen molar-refractivity contribution in [3.63, 3.8) is 0 Å². The highest BCUT2D eigenvalue weighted by atomic mass is 28.4. The molecule has 0 fully saturated rings. The smallest absolute Gasteiger partial charge is 0.265 e. The van der Waals surface area contributed by atoms with Crippen LogP contribution in [0.25, 0.3) is 0 Å². The number of aliphatic hydroxyl groups is 1. The maximum atomic E-state index is 16.0. The highest BCUT2D eigenvalue weighted by molar-refractivity contribution is 6.74. The molecule has 1 aromatic heterocycles. The summed E-state index contributed by atoms with van der Waals surface area (Å²) in [6.45, 7) is 9.77. The van der Waals surface area contributed by atoms with Gasteiger partial charge in [0.15, 0.2) is 43.4 Å². The minimum absolute atomic E-state index is 0.0120. The number of nitrogens with zero attached hydrogens (tertiary/aromatic N) is 2. The van der Waals surface area contributed by atoms with Crippen molar-refractivity contribution in [1.29, 1.82) is 0 Å². The Bertz CT molecular complexity index is 2210. The van der Waals surface area contributed by atoms with Gasteiger partial charge in [0, 0.05) is 17.1 Å². The Kier molecular flexibility index (Phi) is 9.71. The number of hydrogen-bond donors (Lipinski definition) is 1. The molecular formula is C42H44F2N2O8Si. The van der Waals surface area contributed by atoms with Crippen molar-refractivity contribution in [1.82, 2.24) is 10.1 Å². The largest absolute Gasteiger partial charge is 0.508 e. The number of hydrogen-bond acceptors (Lipinski definition) is 10. The van der Waals surface area contributed by atoms with Gasteiger partial charge >= 0.3 is 0 Å². The van der Waals surface area contributed by atoms with E-state index in [4.69, 9.17) is 18.4 Å². The van der Waals surface area contributed by atoms with Crippen molar-refractivity contribution < 1.29 is 46.7 Å². The van der Waals surface area contributed by atoms with Gasteiger partial charge in [0.25, 0.3) is 5.88 Å². The van der Waals surface area contributed by atoms with Gasteiger partial charge < -0.3 is 23.5 Å². The number of benzene rings is 3. The number of carbonyl (C=O) groups is 3. The Morgan fingerprint density at radius 2 is 1.56 bits per heavy atom. The molecule has 10 nitrogen and oxygen atoms in total. The first kappa shape index (κ1) is 38.3. The monoisotopic (exact) mass is 770 g/mol. The summed E-state index contributed by atoms with van der Waals surface area (Å²) in [4.78, 5) is 44.5. The van der Waals surface area contributed by atoms with Gasteiger partial charge in [0.05, 0.1) is 17.2 Å². The molecule has 0 amide bonds. The SMILES string of the molecule is CN(C)[C@@H]1c2onc(OCc3ccccc3)c2C(=O)C2(O[Si](C)(C)C(C)(C)C)C(O)=C3C(=O)c4c(c(F)c(F)c(C=O)c4OCc4ccccc4)C[C@H]3C[C@@H]12. The Morgan fingerprint density at radius 3 is 2.13 bits per heavy atom. The Labute approximate surface area is 319 Å². The summed E-state index contributed by atoms with van der Waals surface area (Å²) in [5, 5.41) is 16.5. The quantitative estimate of drug-likeness (QED) is 0.124. The molecule has 0 spiro atoms. The molecule has 0 saturated heterocycles. The lowest BCUT2D eigenvalue weighted by atomic mass is 9.58. The first-order valence-corrected chi connectivity index (χ1v) is 21.2. The van der Waals surface area contributed by atoms with E-state index in [2.05, 4.69) is 5.16 Å². The minimum atomic E-state index is -3.01. The third-order valence-corrected chi connectivity index (χ3v) is 16.2. The van der Waals surface area contributed by atoms with Crippen LogP contribution in [0.2, 0.25) is 18.1 Å². The standard InChI is InChI=1S/C42H44F2N2O8Si/c1-41(2,3)55(6,7)54-42-28(34(46(4)5)37-31(39(42)50)40(45-53-37)52-22-24-16-12-9-13-17-24)19-25-18-26-30(35(48)29(25)38(42)49)36(27(20-47)33(44)32(26)43)51-21-23-14-10-8-11-15-23/h8-17,20,25,28,34,49H,18-19,21-22H2,1-7H3/t25-,28-,34-,42?/m0/s1. The van der Waals surface area contributed by atoms with Gasteiger partial charge in [-0.1, -0.05) is 81.4 Å². The summed E-state index contributed by atoms with van der Waals surface area (Å²) in [7, 11) is 0.573. The molecule has 3 aromatic carbocycles. The second kappa shape index (κ2) is 13.9. The van der Waals surface area contributed by atoms with Crippen LogP contribution in [0.3, 0.4) is 0 Å². The van der Waals surface area contributed by atoms with Gasteiger partial charge in [-0.15, -0.1) is 0 Å². The van der Waals surface area contributed by atoms with E-state index >= 15 is 13.6 Å². The summed E-state index contributed by atoms with van der Waals surface area (Å²) in [5.41, 5.74) is -2.24. The summed E-state index contributed by atoms with van der Waals surface area (Å²) < 4.78 is 56.8. The molecule has 0 radical (unpaired) electrons. The second-order valence-corrected chi connectivity index (χ2v) is 21.0. The van der Waals surface area contributed by atoms with Crippen LogP contribution >= 0.6 is 0 Å². The lowest BCUT2D eigenvalue weighted by Crippen LogP contribution is -2.65. The van der Waals surface area contributed by atoms with Gasteiger partial charge in [-0.05, 0) is 67.3 Å². The maximum Gasteiger partial charge on any atom is 0.265 e. The fraction of sp³-hybridized carbons (Fsp3) is 0.381. The molecular weight excluding hydrogens is 727 g/mol. The topological polar surface area (TPSA) is 128 Å². The van der Waals surface area contributed by atoms with Crippen LogP contribution in [-0.4, -0.2) is 61.0 Å². The third kappa shape index (κ3) is 6.12. The van der Waals surface area contributed by atoms with Gasteiger partial charge in [-0.3, -0.25) is 19.3 Å². The fourth-order valence-electron chi connectivity index (χ4n) is 8.01. The number of allylic oxidation sites excluding steroid dienone is 1. The number of aromatic nitrogens is 1. The number of ketones is 2. The van der Waals surface area contributed by atoms with E-state index < -0.39 is 77.1 Å². The van der Waals surface area contributed by atoms with E-state index in [-0.39, 0.29) is 66.2 Å². The number of Topliss-reactive ketones (excluding diaryl/α,β-unsaturated/α-hetero) is 2. The molecule has 0 bridgehead atoms. The molecule has 3 aliphatic rings. The predicted octanol–water partition coefficient (Wildman–Crippen LogP) is 8.37. The Hall–Kier alpha value is -4.98. The highest BCUT2D eigenvalue weighted by Gasteiger charge is 2.67. The van der Waals surface area contributed by atoms with Crippen molar-refractivity contribution in [2.75, 3.05) is 14.1 Å². The molecule has 1 N–H and O–H groups in total. The normalized spacial score (nSPS) is 22.2. The number of halogens is 2. The summed E-state index contributed by atoms with van der Waals surface area (Å²) in [6.07, 6.45) is -0.0626. The first-order chi connectivity index (χ1) is 26.0. The summed E-state index contributed by atoms with van der Waals surface area (Å²) >= 11 is 0. The number of carbonyl (C=O) groups excluding carboxylic acids is 3. The van der Waals surface area contributed by atoms with Crippen LogP contribution in [0.15, 0.2) is 76.5 Å². The van der Waals surface area contributed by atoms with E-state index in [0.29, 0.717) is 5.56 Å². The molecule has 1 heterocycles. The van der Waals surface area contributed by atoms with Crippen LogP contribution in [0.4, 0.5) is 8.78 Å². The van der Waals surface area contributed by atoms with Crippen LogP contribution < -0.4 is 9.47 Å². The zero-order valence-corrected chi connectivity index (χ0v) is 32.9. The van der Waals surface area contributed by atoms with Crippen molar-refractivity contribution in [2.24, 2.45) is 11.8 Å². The van der Waals surface area contributed by atoms with Crippen LogP contribution in [0.1, 0.15) is 86.8 Å². The lowest BCUT2D eigenvalue weighted by molar-refractivity contribution is -0.0481. The predicted molar refractivity (Wildman–Crippen MR) is 201 cm³/mol. The van der Waals surface area contributed by atoms with E-state index in [1.165, 1.54) is 0 Å². The zero-order chi connectivity index (χ0) is 39.6. The van der Waals surface area contributed by atoms with Gasteiger partial charge in [0.1, 0.15) is 30.3 Å². The van der Waals surface area contributed by atoms with E-state index in [1.807, 2.05) is 69.1 Å². The molecule has 55 heavy (non-hydrogen) atoms. The molecule has 7 rings (SSSR count). The van der Waals surface area contributed by atoms with Crippen molar-refractivity contribution >= 4 is 26.2 Å². The van der Waals surface area contributed by atoms with Crippen molar-refractivity contribution in [3.05, 3.63) is 123 Å². The van der Waals surface area contributed by atoms with Crippen LogP contribution in [-0.2, 0) is 24.1 Å². The van der Waals surface area contributed by atoms with Crippen LogP contribution in [0.5, 0.6) is 11.6 Å². The molecule has 4 atom stereocenters. The highest BCUT2D eigenvalue weighted by Crippen LogP contribution is 2.60. The average molecular weight is 771 g/mol. The van der Waals surface area contributed by atoms with E-state index in [9.17, 15) is 14.7 Å². The van der Waals surface area contributed by atoms with Crippen molar-refractivity contribution in [3.8, 4) is 11.6 Å². The number of aldehydes is 1. The molecule has 13 heteroatoms. The number of ether oxygens (including phenoxy) is 2. The van der Waals surface area contributed by atoms with Crippen molar-refractivity contribution in [2.45, 2.75) is 76.6 Å². The molecule has 3 aliphatic carbocycles. The third-order valence-electron chi connectivity index (χ3n) is 11.7. The Morgan fingerprint density at radius 1 is 0.964 bits per heavy atom. The van der Waals surface area contributed by atoms with Gasteiger partial charge in [-0.25, -0.2) is 8.78 Å². The summed E-state index contributed by atoms with van der Waals surface area (Å²) in [5.74, 6) is -6.99. The maximum absolute atomic E-state index is 16.0. The fourth-order valence-corrected chi connectivity index (χ4v) is 9.46.